The highest BCUT2D eigenvalue weighted by Gasteiger charge is 2.19. The minimum atomic E-state index is -3.59. The van der Waals surface area contributed by atoms with Crippen LogP contribution in [0.4, 0.5) is 0 Å². The molecular weight excluding hydrogens is 360 g/mol. The monoisotopic (exact) mass is 384 g/mol. The predicted octanol–water partition coefficient (Wildman–Crippen LogP) is 3.92. The maximum Gasteiger partial charge on any atom is 0.240 e. The van der Waals surface area contributed by atoms with Crippen LogP contribution in [0.1, 0.15) is 36.1 Å². The van der Waals surface area contributed by atoms with Gasteiger partial charge in [-0.3, -0.25) is 0 Å². The molecule has 0 spiro atoms. The molecule has 0 saturated carbocycles. The molecule has 6 heteroatoms. The van der Waals surface area contributed by atoms with E-state index in [-0.39, 0.29) is 6.54 Å². The van der Waals surface area contributed by atoms with E-state index in [1.807, 2.05) is 36.4 Å². The largest absolute Gasteiger partial charge is 0.497 e. The zero-order valence-electron chi connectivity index (χ0n) is 15.4. The van der Waals surface area contributed by atoms with Crippen LogP contribution in [-0.4, -0.2) is 20.5 Å². The number of ether oxygens (including phenoxy) is 1. The summed E-state index contributed by atoms with van der Waals surface area (Å²) in [7, 11) is -1.99. The lowest BCUT2D eigenvalue weighted by atomic mass is 10.1. The Morgan fingerprint density at radius 3 is 2.78 bits per heavy atom. The molecule has 0 saturated heterocycles. The lowest BCUT2D eigenvalue weighted by Crippen LogP contribution is -2.23. The van der Waals surface area contributed by atoms with Crippen LogP contribution in [-0.2, 0) is 29.4 Å². The highest BCUT2D eigenvalue weighted by atomic mass is 32.2. The van der Waals surface area contributed by atoms with Gasteiger partial charge >= 0.3 is 0 Å². The van der Waals surface area contributed by atoms with E-state index >= 15 is 0 Å². The van der Waals surface area contributed by atoms with Crippen molar-refractivity contribution in [1.29, 1.82) is 0 Å². The minimum Gasteiger partial charge on any atom is -0.497 e. The molecule has 0 amide bonds. The van der Waals surface area contributed by atoms with E-state index in [4.69, 9.17) is 4.74 Å². The molecule has 0 atom stereocenters. The van der Waals surface area contributed by atoms with Crippen molar-refractivity contribution in [2.75, 3.05) is 7.11 Å². The third-order valence-electron chi connectivity index (χ3n) is 5.23. The Hall–Kier alpha value is -2.31. The van der Waals surface area contributed by atoms with Crippen LogP contribution < -0.4 is 9.46 Å². The molecule has 1 heterocycles. The summed E-state index contributed by atoms with van der Waals surface area (Å²) in [5.74, 6) is 0.711. The molecule has 2 N–H and O–H groups in total. The lowest BCUT2D eigenvalue weighted by molar-refractivity contribution is 0.414. The van der Waals surface area contributed by atoms with Crippen LogP contribution in [0.15, 0.2) is 47.4 Å². The van der Waals surface area contributed by atoms with Gasteiger partial charge in [0.2, 0.25) is 10.0 Å². The zero-order chi connectivity index (χ0) is 18.9. The third-order valence-corrected chi connectivity index (χ3v) is 6.63. The molecule has 0 fully saturated rings. The first-order chi connectivity index (χ1) is 13.1. The van der Waals surface area contributed by atoms with Crippen molar-refractivity contribution in [3.63, 3.8) is 0 Å². The second-order valence-corrected chi connectivity index (χ2v) is 8.79. The molecule has 0 bridgehead atoms. The molecule has 27 heavy (non-hydrogen) atoms. The Balaban J connectivity index is 1.61. The molecule has 1 aliphatic carbocycles. The summed E-state index contributed by atoms with van der Waals surface area (Å²) in [6.45, 7) is 0.225. The summed E-state index contributed by atoms with van der Waals surface area (Å²) in [5, 5.41) is 1.04. The number of sulfonamides is 1. The van der Waals surface area contributed by atoms with Crippen molar-refractivity contribution in [3.05, 3.63) is 59.3 Å². The molecular formula is C21H24N2O3S. The quantitative estimate of drug-likeness (QED) is 0.655. The fraction of sp³-hybridized carbons (Fsp3) is 0.333. The van der Waals surface area contributed by atoms with Crippen molar-refractivity contribution in [2.45, 2.75) is 43.5 Å². The second kappa shape index (κ2) is 7.37. The number of rotatable bonds is 5. The number of aromatic amines is 1. The van der Waals surface area contributed by atoms with Crippen molar-refractivity contribution >= 4 is 20.9 Å². The smallest absolute Gasteiger partial charge is 0.240 e. The van der Waals surface area contributed by atoms with Crippen molar-refractivity contribution in [2.24, 2.45) is 0 Å². The van der Waals surface area contributed by atoms with Gasteiger partial charge in [-0.2, -0.15) is 0 Å². The van der Waals surface area contributed by atoms with E-state index in [9.17, 15) is 8.42 Å². The van der Waals surface area contributed by atoms with Gasteiger partial charge in [-0.1, -0.05) is 18.6 Å². The Morgan fingerprint density at radius 1 is 1.07 bits per heavy atom. The van der Waals surface area contributed by atoms with Gasteiger partial charge in [0.25, 0.3) is 0 Å². The number of hydrogen-bond acceptors (Lipinski definition) is 3. The van der Waals surface area contributed by atoms with Gasteiger partial charge in [0.1, 0.15) is 5.75 Å². The highest BCUT2D eigenvalue weighted by Crippen LogP contribution is 2.30. The van der Waals surface area contributed by atoms with Crippen LogP contribution in [0, 0.1) is 0 Å². The SMILES string of the molecule is COc1cccc(CNS(=O)(=O)c2ccc3[nH]c4c(c3c2)CCCCC4)c1. The molecule has 0 aliphatic heterocycles. The van der Waals surface area contributed by atoms with E-state index in [2.05, 4.69) is 9.71 Å². The number of nitrogens with one attached hydrogen (secondary N) is 2. The molecule has 2 aromatic carbocycles. The number of fused-ring (bicyclic) bond motifs is 3. The molecule has 142 valence electrons. The Morgan fingerprint density at radius 2 is 1.93 bits per heavy atom. The number of aryl methyl sites for hydroxylation is 2. The summed E-state index contributed by atoms with van der Waals surface area (Å²) in [5.41, 5.74) is 4.43. The molecule has 1 aromatic heterocycles. The van der Waals surface area contributed by atoms with E-state index in [0.717, 1.165) is 35.7 Å². The molecule has 0 unspecified atom stereocenters. The van der Waals surface area contributed by atoms with Gasteiger partial charge in [-0.15, -0.1) is 0 Å². The van der Waals surface area contributed by atoms with Gasteiger partial charge in [0, 0.05) is 23.1 Å². The van der Waals surface area contributed by atoms with Crippen molar-refractivity contribution in [3.8, 4) is 5.75 Å². The van der Waals surface area contributed by atoms with Crippen LogP contribution in [0.5, 0.6) is 5.75 Å². The molecule has 4 rings (SSSR count). The van der Waals surface area contributed by atoms with Crippen LogP contribution in [0.3, 0.4) is 0 Å². The predicted molar refractivity (Wildman–Crippen MR) is 107 cm³/mol. The van der Waals surface area contributed by atoms with Gasteiger partial charge in [0.05, 0.1) is 12.0 Å². The summed E-state index contributed by atoms with van der Waals surface area (Å²) in [4.78, 5) is 3.79. The first-order valence-electron chi connectivity index (χ1n) is 9.33. The normalized spacial score (nSPS) is 14.7. The average molecular weight is 385 g/mol. The van der Waals surface area contributed by atoms with Crippen LogP contribution in [0.2, 0.25) is 0 Å². The van der Waals surface area contributed by atoms with E-state index in [0.29, 0.717) is 10.6 Å². The van der Waals surface area contributed by atoms with Crippen molar-refractivity contribution < 1.29 is 13.2 Å². The lowest BCUT2D eigenvalue weighted by Gasteiger charge is -2.09. The van der Waals surface area contributed by atoms with Gasteiger partial charge in [-0.05, 0) is 67.1 Å². The van der Waals surface area contributed by atoms with Gasteiger partial charge in [0.15, 0.2) is 0 Å². The number of benzene rings is 2. The van der Waals surface area contributed by atoms with Gasteiger partial charge < -0.3 is 9.72 Å². The first-order valence-corrected chi connectivity index (χ1v) is 10.8. The maximum atomic E-state index is 12.8. The molecule has 1 aliphatic rings. The zero-order valence-corrected chi connectivity index (χ0v) is 16.2. The minimum absolute atomic E-state index is 0.225. The van der Waals surface area contributed by atoms with E-state index in [1.165, 1.54) is 24.1 Å². The Kier molecular flexibility index (Phi) is 4.93. The number of hydrogen-bond donors (Lipinski definition) is 2. The number of aromatic nitrogens is 1. The fourth-order valence-electron chi connectivity index (χ4n) is 3.77. The summed E-state index contributed by atoms with van der Waals surface area (Å²) < 4.78 is 33.5. The number of methoxy groups -OCH3 is 1. The first kappa shape index (κ1) is 18.1. The van der Waals surface area contributed by atoms with Crippen LogP contribution in [0.25, 0.3) is 10.9 Å². The van der Waals surface area contributed by atoms with E-state index < -0.39 is 10.0 Å². The second-order valence-electron chi connectivity index (χ2n) is 7.03. The summed E-state index contributed by atoms with van der Waals surface area (Å²) >= 11 is 0. The van der Waals surface area contributed by atoms with Crippen molar-refractivity contribution in [1.82, 2.24) is 9.71 Å². The Bertz CT molecular complexity index is 1070. The van der Waals surface area contributed by atoms with Crippen LogP contribution >= 0.6 is 0 Å². The summed E-state index contributed by atoms with van der Waals surface area (Å²) in [6, 6.07) is 12.8. The molecule has 0 radical (unpaired) electrons. The fourth-order valence-corrected chi connectivity index (χ4v) is 4.82. The molecule has 3 aromatic rings. The molecule has 5 nitrogen and oxygen atoms in total. The number of H-pyrrole nitrogens is 1. The Labute approximate surface area is 159 Å². The van der Waals surface area contributed by atoms with E-state index in [1.54, 1.807) is 13.2 Å². The average Bonchev–Trinajstić information content (AvgIpc) is 2.86. The summed E-state index contributed by atoms with van der Waals surface area (Å²) in [6.07, 6.45) is 5.62. The third kappa shape index (κ3) is 3.73. The topological polar surface area (TPSA) is 71.2 Å². The maximum absolute atomic E-state index is 12.8. The van der Waals surface area contributed by atoms with Gasteiger partial charge in [-0.25, -0.2) is 13.1 Å². The highest BCUT2D eigenvalue weighted by molar-refractivity contribution is 7.89. The standard InChI is InChI=1S/C21H24N2O3S/c1-26-16-7-5-6-15(12-16)14-22-27(24,25)17-10-11-21-19(13-17)18-8-3-2-4-9-20(18)23-21/h5-7,10-13,22-23H,2-4,8-9,14H2,1H3.